The SMILES string of the molecule is N#CCc1cn(CC(CCN2CCC(C=CCN(Cc3ccc([N+](=O)[O-])cc3)C(=O)[O-])CC2)c2ccccc2)cn1. The Kier molecular flexibility index (Phi) is 10.6. The summed E-state index contributed by atoms with van der Waals surface area (Å²) < 4.78 is 2.08. The van der Waals surface area contributed by atoms with Crippen LogP contribution in [0.2, 0.25) is 0 Å². The molecule has 0 saturated carbocycles. The van der Waals surface area contributed by atoms with Crippen molar-refractivity contribution in [3.05, 3.63) is 106 Å². The topological polar surface area (TPSA) is 131 Å². The molecule has 1 fully saturated rings. The number of nitro benzene ring substituents is 1. The summed E-state index contributed by atoms with van der Waals surface area (Å²) in [4.78, 5) is 30.0. The number of carboxylic acid groups (broad SMARTS) is 1. The van der Waals surface area contributed by atoms with Crippen molar-refractivity contribution in [3.63, 3.8) is 0 Å². The van der Waals surface area contributed by atoms with Crippen LogP contribution >= 0.6 is 0 Å². The molecule has 0 N–H and O–H groups in total. The largest absolute Gasteiger partial charge is 0.530 e. The molecular formula is C31H35N6O4-. The van der Waals surface area contributed by atoms with Crippen LogP contribution < -0.4 is 5.11 Å². The number of allylic oxidation sites excluding steroid dienone is 1. The van der Waals surface area contributed by atoms with E-state index in [0.717, 1.165) is 51.1 Å². The number of hydrogen-bond acceptors (Lipinski definition) is 7. The standard InChI is InChI=1S/C31H36N6O4/c32-16-12-29-23-35(24-33-29)22-28(27-6-2-1-3-7-27)15-20-34-18-13-25(14-19-34)5-4-17-36(31(38)39)21-26-8-10-30(11-9-26)37(40)41/h1-11,23-25,28H,12-15,17-22H2,(H,38,39)/p-1. The maximum atomic E-state index is 11.6. The molecule has 1 aromatic heterocycles. The lowest BCUT2D eigenvalue weighted by Crippen LogP contribution is -2.40. The first-order valence-corrected chi connectivity index (χ1v) is 13.9. The fraction of sp³-hybridized carbons (Fsp3) is 0.387. The number of aromatic nitrogens is 2. The van der Waals surface area contributed by atoms with E-state index in [1.54, 1.807) is 12.1 Å². The third-order valence-corrected chi connectivity index (χ3v) is 7.59. The van der Waals surface area contributed by atoms with Crippen LogP contribution in [0, 0.1) is 27.4 Å². The molecule has 1 amide bonds. The van der Waals surface area contributed by atoms with E-state index in [1.807, 2.05) is 24.7 Å². The minimum absolute atomic E-state index is 0.0284. The van der Waals surface area contributed by atoms with E-state index in [2.05, 4.69) is 50.9 Å². The summed E-state index contributed by atoms with van der Waals surface area (Å²) in [5, 5.41) is 31.4. The minimum atomic E-state index is -1.27. The molecule has 10 nitrogen and oxygen atoms in total. The number of hydrogen-bond donors (Lipinski definition) is 0. The zero-order chi connectivity index (χ0) is 29.0. The summed E-state index contributed by atoms with van der Waals surface area (Å²) in [7, 11) is 0. The minimum Gasteiger partial charge on any atom is -0.530 e. The number of piperidine rings is 1. The number of carbonyl (C=O) groups is 1. The Morgan fingerprint density at radius 2 is 1.90 bits per heavy atom. The maximum absolute atomic E-state index is 11.6. The number of nitrogens with zero attached hydrogens (tertiary/aromatic N) is 6. The van der Waals surface area contributed by atoms with Crippen LogP contribution in [0.1, 0.15) is 42.0 Å². The van der Waals surface area contributed by atoms with Crippen molar-refractivity contribution >= 4 is 11.8 Å². The van der Waals surface area contributed by atoms with Gasteiger partial charge in [-0.05, 0) is 55.9 Å². The first-order chi connectivity index (χ1) is 19.9. The van der Waals surface area contributed by atoms with E-state index < -0.39 is 11.0 Å². The summed E-state index contributed by atoms with van der Waals surface area (Å²) in [5.74, 6) is 0.730. The second-order valence-electron chi connectivity index (χ2n) is 10.5. The molecule has 0 aliphatic carbocycles. The third kappa shape index (κ3) is 9.01. The summed E-state index contributed by atoms with van der Waals surface area (Å²) in [6.07, 6.45) is 9.85. The first kappa shape index (κ1) is 29.5. The molecule has 3 aromatic rings. The normalized spacial score (nSPS) is 15.0. The van der Waals surface area contributed by atoms with Gasteiger partial charge in [0.2, 0.25) is 0 Å². The van der Waals surface area contributed by atoms with Gasteiger partial charge in [0.15, 0.2) is 0 Å². The Hall–Kier alpha value is -4.49. The predicted octanol–water partition coefficient (Wildman–Crippen LogP) is 4.14. The van der Waals surface area contributed by atoms with Crippen LogP contribution in [0.3, 0.4) is 0 Å². The van der Waals surface area contributed by atoms with Crippen molar-refractivity contribution in [1.82, 2.24) is 19.4 Å². The third-order valence-electron chi connectivity index (χ3n) is 7.59. The molecule has 1 aliphatic heterocycles. The van der Waals surface area contributed by atoms with E-state index in [9.17, 15) is 20.0 Å². The highest BCUT2D eigenvalue weighted by molar-refractivity contribution is 5.62. The Bertz CT molecular complexity index is 1340. The van der Waals surface area contributed by atoms with E-state index in [1.165, 1.54) is 22.6 Å². The maximum Gasteiger partial charge on any atom is 0.269 e. The van der Waals surface area contributed by atoms with Gasteiger partial charge in [-0.2, -0.15) is 5.26 Å². The molecule has 10 heteroatoms. The molecule has 2 aromatic carbocycles. The fourth-order valence-corrected chi connectivity index (χ4v) is 5.26. The van der Waals surface area contributed by atoms with Crippen molar-refractivity contribution in [2.45, 2.75) is 44.7 Å². The first-order valence-electron chi connectivity index (χ1n) is 13.9. The van der Waals surface area contributed by atoms with Crippen LogP contribution in [-0.4, -0.2) is 56.5 Å². The quantitative estimate of drug-likeness (QED) is 0.176. The van der Waals surface area contributed by atoms with E-state index >= 15 is 0 Å². The van der Waals surface area contributed by atoms with E-state index in [-0.39, 0.29) is 18.8 Å². The second kappa shape index (κ2) is 14.8. The van der Waals surface area contributed by atoms with Crippen LogP contribution in [0.15, 0.2) is 79.3 Å². The second-order valence-corrected chi connectivity index (χ2v) is 10.5. The molecule has 1 saturated heterocycles. The monoisotopic (exact) mass is 555 g/mol. The van der Waals surface area contributed by atoms with Crippen LogP contribution in [-0.2, 0) is 19.5 Å². The van der Waals surface area contributed by atoms with Gasteiger partial charge in [0.1, 0.15) is 6.09 Å². The van der Waals surface area contributed by atoms with Crippen LogP contribution in [0.5, 0.6) is 0 Å². The molecule has 0 bridgehead atoms. The Morgan fingerprint density at radius 1 is 1.17 bits per heavy atom. The molecule has 2 heterocycles. The van der Waals surface area contributed by atoms with Gasteiger partial charge in [0.25, 0.3) is 5.69 Å². The van der Waals surface area contributed by atoms with Gasteiger partial charge in [-0.1, -0.05) is 54.6 Å². The van der Waals surface area contributed by atoms with Gasteiger partial charge in [0, 0.05) is 43.9 Å². The van der Waals surface area contributed by atoms with Gasteiger partial charge >= 0.3 is 0 Å². The average Bonchev–Trinajstić information content (AvgIpc) is 3.43. The molecular weight excluding hydrogens is 520 g/mol. The number of rotatable bonds is 13. The van der Waals surface area contributed by atoms with Crippen molar-refractivity contribution in [2.24, 2.45) is 5.92 Å². The Labute approximate surface area is 240 Å². The highest BCUT2D eigenvalue weighted by Crippen LogP contribution is 2.25. The van der Waals surface area contributed by atoms with Crippen LogP contribution in [0.4, 0.5) is 10.5 Å². The average molecular weight is 556 g/mol. The van der Waals surface area contributed by atoms with Crippen molar-refractivity contribution in [3.8, 4) is 6.07 Å². The summed E-state index contributed by atoms with van der Waals surface area (Å²) >= 11 is 0. The summed E-state index contributed by atoms with van der Waals surface area (Å²) in [6.45, 7) is 4.11. The Morgan fingerprint density at radius 3 is 2.56 bits per heavy atom. The van der Waals surface area contributed by atoms with Gasteiger partial charge in [-0.25, -0.2) is 4.98 Å². The van der Waals surface area contributed by atoms with Gasteiger partial charge in [-0.15, -0.1) is 0 Å². The Balaban J connectivity index is 1.24. The fourth-order valence-electron chi connectivity index (χ4n) is 5.26. The van der Waals surface area contributed by atoms with Gasteiger partial charge in [0.05, 0.1) is 29.4 Å². The molecule has 0 radical (unpaired) electrons. The molecule has 1 atom stereocenters. The van der Waals surface area contributed by atoms with Crippen molar-refractivity contribution in [1.29, 1.82) is 5.26 Å². The number of carbonyl (C=O) groups excluding carboxylic acids is 1. The van der Waals surface area contributed by atoms with Crippen molar-refractivity contribution in [2.75, 3.05) is 26.2 Å². The summed E-state index contributed by atoms with van der Waals surface area (Å²) in [6, 6.07) is 18.6. The number of non-ortho nitro benzene ring substituents is 1. The molecule has 1 aliphatic rings. The van der Waals surface area contributed by atoms with Crippen LogP contribution in [0.25, 0.3) is 0 Å². The number of nitriles is 1. The van der Waals surface area contributed by atoms with Crippen molar-refractivity contribution < 1.29 is 14.8 Å². The summed E-state index contributed by atoms with van der Waals surface area (Å²) in [5.41, 5.74) is 2.74. The predicted molar refractivity (Wildman–Crippen MR) is 153 cm³/mol. The van der Waals surface area contributed by atoms with Gasteiger partial charge < -0.3 is 24.3 Å². The number of likely N-dealkylation sites (tertiary alicyclic amines) is 1. The zero-order valence-corrected chi connectivity index (χ0v) is 23.0. The number of benzene rings is 2. The van der Waals surface area contributed by atoms with E-state index in [0.29, 0.717) is 23.8 Å². The highest BCUT2D eigenvalue weighted by Gasteiger charge is 2.20. The lowest BCUT2D eigenvalue weighted by Gasteiger charge is -2.32. The number of amides is 1. The van der Waals surface area contributed by atoms with E-state index in [4.69, 9.17) is 5.26 Å². The zero-order valence-electron chi connectivity index (χ0n) is 23.0. The molecule has 41 heavy (non-hydrogen) atoms. The molecule has 4 rings (SSSR count). The smallest absolute Gasteiger partial charge is 0.269 e. The lowest BCUT2D eigenvalue weighted by molar-refractivity contribution is -0.384. The van der Waals surface area contributed by atoms with Gasteiger partial charge in [-0.3, -0.25) is 10.1 Å². The highest BCUT2D eigenvalue weighted by atomic mass is 16.6. The molecule has 0 spiro atoms. The number of imidazole rings is 1. The number of nitro groups is 1. The molecule has 214 valence electrons. The molecule has 1 unspecified atom stereocenters. The lowest BCUT2D eigenvalue weighted by atomic mass is 9.93.